The molecule has 3 rings (SSSR count). The number of likely N-dealkylation sites (tertiary alicyclic amines) is 1. The van der Waals surface area contributed by atoms with Crippen molar-refractivity contribution >= 4 is 35.3 Å². The second-order valence-electron chi connectivity index (χ2n) is 7.74. The molecule has 28 heavy (non-hydrogen) atoms. The molecule has 1 aliphatic carbocycles. The maximum atomic E-state index is 12.8. The number of carbonyl (C=O) groups excluding carboxylic acids is 2. The molecule has 2 aliphatic rings. The molecule has 1 aromatic rings. The second-order valence-corrected chi connectivity index (χ2v) is 9.53. The molecule has 0 radical (unpaired) electrons. The van der Waals surface area contributed by atoms with E-state index in [1.807, 2.05) is 36.1 Å². The predicted octanol–water partition coefficient (Wildman–Crippen LogP) is 4.44. The average molecular weight is 424 g/mol. The summed E-state index contributed by atoms with van der Waals surface area (Å²) in [6.07, 6.45) is 7.45. The monoisotopic (exact) mass is 423 g/mol. The highest BCUT2D eigenvalue weighted by molar-refractivity contribution is 8.00. The molecule has 5 nitrogen and oxygen atoms in total. The molecule has 3 amide bonds. The molecule has 1 heterocycles. The summed E-state index contributed by atoms with van der Waals surface area (Å²) in [5, 5.41) is 6.69. The number of thioether (sulfide) groups is 1. The summed E-state index contributed by atoms with van der Waals surface area (Å²) in [5.74, 6) is 0.134. The highest BCUT2D eigenvalue weighted by Crippen LogP contribution is 2.31. The minimum atomic E-state index is -0.181. The van der Waals surface area contributed by atoms with Crippen LogP contribution in [-0.2, 0) is 4.79 Å². The number of urea groups is 1. The van der Waals surface area contributed by atoms with Crippen LogP contribution in [0, 0.1) is 0 Å². The van der Waals surface area contributed by atoms with E-state index in [2.05, 4.69) is 10.6 Å². The first-order chi connectivity index (χ1) is 13.5. The summed E-state index contributed by atoms with van der Waals surface area (Å²) >= 11 is 7.70. The molecule has 1 saturated carbocycles. The van der Waals surface area contributed by atoms with Crippen LogP contribution in [0.2, 0.25) is 5.02 Å². The predicted molar refractivity (Wildman–Crippen MR) is 115 cm³/mol. The third kappa shape index (κ3) is 6.05. The Hall–Kier alpha value is -1.40. The lowest BCUT2D eigenvalue weighted by Crippen LogP contribution is -2.51. The van der Waals surface area contributed by atoms with E-state index in [-0.39, 0.29) is 23.2 Å². The number of halogens is 1. The van der Waals surface area contributed by atoms with Crippen LogP contribution in [0.25, 0.3) is 0 Å². The Morgan fingerprint density at radius 2 is 1.64 bits per heavy atom. The summed E-state index contributed by atoms with van der Waals surface area (Å²) in [6, 6.07) is 8.01. The van der Waals surface area contributed by atoms with Crippen LogP contribution < -0.4 is 10.6 Å². The van der Waals surface area contributed by atoms with E-state index in [1.54, 1.807) is 0 Å². The van der Waals surface area contributed by atoms with Gasteiger partial charge in [-0.1, -0.05) is 43.0 Å². The summed E-state index contributed by atoms with van der Waals surface area (Å²) in [4.78, 5) is 27.8. The van der Waals surface area contributed by atoms with Gasteiger partial charge in [-0.05, 0) is 44.7 Å². The lowest BCUT2D eigenvalue weighted by Gasteiger charge is -2.34. The molecular formula is C21H30ClN3O2S. The third-order valence-electron chi connectivity index (χ3n) is 5.57. The van der Waals surface area contributed by atoms with Gasteiger partial charge >= 0.3 is 6.03 Å². The summed E-state index contributed by atoms with van der Waals surface area (Å²) in [6.45, 7) is 3.29. The van der Waals surface area contributed by atoms with Crippen molar-refractivity contribution in [1.29, 1.82) is 0 Å². The fraction of sp³-hybridized carbons (Fsp3) is 0.619. The minimum Gasteiger partial charge on any atom is -0.342 e. The first-order valence-electron chi connectivity index (χ1n) is 10.3. The standard InChI is InChI=1S/C21H30ClN3O2S/c1-15(28-19-10-6-5-9-18(19)22)20(26)25-13-11-17(12-14-25)24-21(27)23-16-7-3-2-4-8-16/h5-6,9-10,15-17H,2-4,7-8,11-14H2,1H3,(H2,23,24,27). The molecule has 1 aromatic carbocycles. The summed E-state index contributed by atoms with van der Waals surface area (Å²) in [7, 11) is 0. The van der Waals surface area contributed by atoms with Crippen molar-refractivity contribution in [3.63, 3.8) is 0 Å². The number of piperidine rings is 1. The van der Waals surface area contributed by atoms with Crippen molar-refractivity contribution < 1.29 is 9.59 Å². The molecule has 0 aromatic heterocycles. The molecule has 0 bridgehead atoms. The van der Waals surface area contributed by atoms with Crippen LogP contribution in [0.3, 0.4) is 0 Å². The van der Waals surface area contributed by atoms with Gasteiger partial charge in [-0.25, -0.2) is 4.79 Å². The van der Waals surface area contributed by atoms with E-state index in [0.717, 1.165) is 30.6 Å². The van der Waals surface area contributed by atoms with Crippen LogP contribution in [0.5, 0.6) is 0 Å². The van der Waals surface area contributed by atoms with Gasteiger partial charge in [0.25, 0.3) is 0 Å². The van der Waals surface area contributed by atoms with Gasteiger partial charge in [-0.2, -0.15) is 0 Å². The van der Waals surface area contributed by atoms with E-state index >= 15 is 0 Å². The number of rotatable bonds is 5. The molecule has 2 N–H and O–H groups in total. The maximum absolute atomic E-state index is 12.8. The van der Waals surface area contributed by atoms with Crippen molar-refractivity contribution in [2.24, 2.45) is 0 Å². The van der Waals surface area contributed by atoms with E-state index < -0.39 is 0 Å². The Bertz CT molecular complexity index is 673. The van der Waals surface area contributed by atoms with Gasteiger partial charge in [0.15, 0.2) is 0 Å². The van der Waals surface area contributed by atoms with E-state index in [9.17, 15) is 9.59 Å². The smallest absolute Gasteiger partial charge is 0.315 e. The Morgan fingerprint density at radius 3 is 2.29 bits per heavy atom. The minimum absolute atomic E-state index is 0.0562. The van der Waals surface area contributed by atoms with E-state index in [4.69, 9.17) is 11.6 Å². The largest absolute Gasteiger partial charge is 0.342 e. The SMILES string of the molecule is CC(Sc1ccccc1Cl)C(=O)N1CCC(NC(=O)NC2CCCCC2)CC1. The molecule has 1 aliphatic heterocycles. The van der Waals surface area contributed by atoms with Crippen LogP contribution in [-0.4, -0.2) is 47.3 Å². The number of benzene rings is 1. The molecular weight excluding hydrogens is 394 g/mol. The lowest BCUT2D eigenvalue weighted by molar-refractivity contribution is -0.131. The fourth-order valence-electron chi connectivity index (χ4n) is 3.94. The highest BCUT2D eigenvalue weighted by atomic mass is 35.5. The number of nitrogens with zero attached hydrogens (tertiary/aromatic N) is 1. The third-order valence-corrected chi connectivity index (χ3v) is 7.18. The first kappa shape index (κ1) is 21.3. The normalized spacial score (nSPS) is 19.9. The number of hydrogen-bond acceptors (Lipinski definition) is 3. The molecule has 1 saturated heterocycles. The van der Waals surface area contributed by atoms with Gasteiger partial charge in [-0.15, -0.1) is 11.8 Å². The van der Waals surface area contributed by atoms with Crippen molar-refractivity contribution in [3.8, 4) is 0 Å². The molecule has 7 heteroatoms. The quantitative estimate of drug-likeness (QED) is 0.688. The lowest BCUT2D eigenvalue weighted by atomic mass is 9.96. The van der Waals surface area contributed by atoms with Gasteiger partial charge < -0.3 is 15.5 Å². The van der Waals surface area contributed by atoms with Crippen LogP contribution >= 0.6 is 23.4 Å². The van der Waals surface area contributed by atoms with Crippen molar-refractivity contribution in [3.05, 3.63) is 29.3 Å². The van der Waals surface area contributed by atoms with E-state index in [0.29, 0.717) is 24.2 Å². The Balaban J connectivity index is 1.41. The number of hydrogen-bond donors (Lipinski definition) is 2. The Morgan fingerprint density at radius 1 is 1.04 bits per heavy atom. The van der Waals surface area contributed by atoms with Gasteiger partial charge in [-0.3, -0.25) is 4.79 Å². The van der Waals surface area contributed by atoms with Crippen LogP contribution in [0.15, 0.2) is 29.2 Å². The molecule has 154 valence electrons. The van der Waals surface area contributed by atoms with Gasteiger partial charge in [0.05, 0.1) is 10.3 Å². The fourth-order valence-corrected chi connectivity index (χ4v) is 5.18. The van der Waals surface area contributed by atoms with Crippen LogP contribution in [0.1, 0.15) is 51.9 Å². The summed E-state index contributed by atoms with van der Waals surface area (Å²) in [5.41, 5.74) is 0. The zero-order chi connectivity index (χ0) is 19.9. The summed E-state index contributed by atoms with van der Waals surface area (Å²) < 4.78 is 0. The molecule has 0 spiro atoms. The highest BCUT2D eigenvalue weighted by Gasteiger charge is 2.28. The zero-order valence-corrected chi connectivity index (χ0v) is 18.0. The zero-order valence-electron chi connectivity index (χ0n) is 16.5. The molecule has 1 unspecified atom stereocenters. The Labute approximate surface area is 177 Å². The first-order valence-corrected chi connectivity index (χ1v) is 11.6. The van der Waals surface area contributed by atoms with Crippen molar-refractivity contribution in [2.75, 3.05) is 13.1 Å². The van der Waals surface area contributed by atoms with Gasteiger partial charge in [0.1, 0.15) is 0 Å². The number of carbonyl (C=O) groups is 2. The average Bonchev–Trinajstić information content (AvgIpc) is 2.70. The van der Waals surface area contributed by atoms with E-state index in [1.165, 1.54) is 31.0 Å². The van der Waals surface area contributed by atoms with Crippen molar-refractivity contribution in [1.82, 2.24) is 15.5 Å². The second kappa shape index (κ2) is 10.4. The number of nitrogens with one attached hydrogen (secondary N) is 2. The topological polar surface area (TPSA) is 61.4 Å². The number of amides is 3. The Kier molecular flexibility index (Phi) is 7.91. The van der Waals surface area contributed by atoms with Gasteiger partial charge in [0.2, 0.25) is 5.91 Å². The molecule has 1 atom stereocenters. The van der Waals surface area contributed by atoms with Crippen molar-refractivity contribution in [2.45, 2.75) is 74.1 Å². The van der Waals surface area contributed by atoms with Gasteiger partial charge in [0, 0.05) is 30.1 Å². The van der Waals surface area contributed by atoms with Crippen LogP contribution in [0.4, 0.5) is 4.79 Å². The molecule has 2 fully saturated rings. The maximum Gasteiger partial charge on any atom is 0.315 e.